The molecule has 0 aliphatic heterocycles. The fourth-order valence-corrected chi connectivity index (χ4v) is 1.64. The summed E-state index contributed by atoms with van der Waals surface area (Å²) in [4.78, 5) is 21.9. The van der Waals surface area contributed by atoms with Crippen LogP contribution in [0.5, 0.6) is 0 Å². The maximum Gasteiger partial charge on any atom is 0.248 e. The van der Waals surface area contributed by atoms with E-state index >= 15 is 0 Å². The lowest BCUT2D eigenvalue weighted by molar-refractivity contribution is -0.120. The molecule has 6 heteroatoms. The van der Waals surface area contributed by atoms with Crippen molar-refractivity contribution in [2.24, 2.45) is 5.73 Å². The number of rotatable bonds is 6. The van der Waals surface area contributed by atoms with Crippen molar-refractivity contribution in [3.63, 3.8) is 0 Å². The molecule has 0 atom stereocenters. The van der Waals surface area contributed by atoms with Crippen LogP contribution in [0, 0.1) is 0 Å². The fourth-order valence-electron chi connectivity index (χ4n) is 1.39. The van der Waals surface area contributed by atoms with Gasteiger partial charge < -0.3 is 16.4 Å². The van der Waals surface area contributed by atoms with E-state index in [1.807, 2.05) is 0 Å². The summed E-state index contributed by atoms with van der Waals surface area (Å²) in [7, 11) is 1.60. The third-order valence-electron chi connectivity index (χ3n) is 2.46. The summed E-state index contributed by atoms with van der Waals surface area (Å²) in [5.41, 5.74) is 6.39. The predicted octanol–water partition coefficient (Wildman–Crippen LogP) is 0.665. The first-order valence-electron chi connectivity index (χ1n) is 5.54. The molecule has 0 radical (unpaired) electrons. The largest absolute Gasteiger partial charge is 0.366 e. The van der Waals surface area contributed by atoms with Gasteiger partial charge in [0.1, 0.15) is 0 Å². The summed E-state index contributed by atoms with van der Waals surface area (Å²) in [6.07, 6.45) is 0.410. The predicted molar refractivity (Wildman–Crippen MR) is 70.4 cm³/mol. The molecule has 0 spiro atoms. The zero-order valence-corrected chi connectivity index (χ0v) is 10.9. The van der Waals surface area contributed by atoms with Crippen LogP contribution < -0.4 is 16.4 Å². The molecular formula is C12H16ClN3O2. The second kappa shape index (κ2) is 6.98. The van der Waals surface area contributed by atoms with Crippen LogP contribution in [0.25, 0.3) is 0 Å². The Balaban J connectivity index is 2.48. The zero-order valence-electron chi connectivity index (χ0n) is 10.1. The van der Waals surface area contributed by atoms with E-state index in [0.717, 1.165) is 5.56 Å². The van der Waals surface area contributed by atoms with Crippen molar-refractivity contribution in [2.75, 3.05) is 13.6 Å². The SMILES string of the molecule is CNC(=O)CCNCc1ccc(C(N)=O)cc1Cl. The minimum absolute atomic E-state index is 0.0160. The van der Waals surface area contributed by atoms with Gasteiger partial charge in [0, 0.05) is 37.1 Å². The first-order valence-corrected chi connectivity index (χ1v) is 5.92. The number of hydrogen-bond donors (Lipinski definition) is 3. The van der Waals surface area contributed by atoms with Crippen molar-refractivity contribution < 1.29 is 9.59 Å². The van der Waals surface area contributed by atoms with Crippen LogP contribution in [0.15, 0.2) is 18.2 Å². The van der Waals surface area contributed by atoms with Crippen LogP contribution in [0.1, 0.15) is 22.3 Å². The second-order valence-electron chi connectivity index (χ2n) is 3.77. The maximum absolute atomic E-state index is 11.0. The number of nitrogens with two attached hydrogens (primary N) is 1. The van der Waals surface area contributed by atoms with Crippen molar-refractivity contribution in [3.8, 4) is 0 Å². The van der Waals surface area contributed by atoms with E-state index in [2.05, 4.69) is 10.6 Å². The van der Waals surface area contributed by atoms with Crippen molar-refractivity contribution in [1.29, 1.82) is 0 Å². The Labute approximate surface area is 111 Å². The van der Waals surface area contributed by atoms with E-state index in [9.17, 15) is 9.59 Å². The number of amides is 2. The van der Waals surface area contributed by atoms with Gasteiger partial charge in [0.2, 0.25) is 11.8 Å². The molecule has 2 amide bonds. The van der Waals surface area contributed by atoms with Crippen molar-refractivity contribution >= 4 is 23.4 Å². The van der Waals surface area contributed by atoms with E-state index in [4.69, 9.17) is 17.3 Å². The van der Waals surface area contributed by atoms with E-state index < -0.39 is 5.91 Å². The van der Waals surface area contributed by atoms with Gasteiger partial charge >= 0.3 is 0 Å². The minimum atomic E-state index is -0.504. The lowest BCUT2D eigenvalue weighted by atomic mass is 10.1. The van der Waals surface area contributed by atoms with E-state index in [0.29, 0.717) is 30.1 Å². The first-order chi connectivity index (χ1) is 8.54. The lowest BCUT2D eigenvalue weighted by Gasteiger charge is -2.07. The summed E-state index contributed by atoms with van der Waals surface area (Å²) in [5, 5.41) is 6.12. The van der Waals surface area contributed by atoms with Gasteiger partial charge in [0.25, 0.3) is 0 Å². The standard InChI is InChI=1S/C12H16ClN3O2/c1-15-11(17)4-5-16-7-9-3-2-8(12(14)18)6-10(9)13/h2-3,6,16H,4-5,7H2,1H3,(H2,14,18)(H,15,17). The monoisotopic (exact) mass is 269 g/mol. The number of halogens is 1. The van der Waals surface area contributed by atoms with Gasteiger partial charge in [-0.2, -0.15) is 0 Å². The van der Waals surface area contributed by atoms with Gasteiger partial charge in [-0.3, -0.25) is 9.59 Å². The average molecular weight is 270 g/mol. The van der Waals surface area contributed by atoms with Gasteiger partial charge in [0.15, 0.2) is 0 Å². The molecule has 0 fully saturated rings. The topological polar surface area (TPSA) is 84.2 Å². The molecule has 0 aliphatic carbocycles. The van der Waals surface area contributed by atoms with Crippen LogP contribution in [-0.2, 0) is 11.3 Å². The zero-order chi connectivity index (χ0) is 13.5. The Morgan fingerprint density at radius 2 is 2.11 bits per heavy atom. The number of nitrogens with one attached hydrogen (secondary N) is 2. The molecule has 0 aliphatic rings. The van der Waals surface area contributed by atoms with Crippen LogP contribution in [0.2, 0.25) is 5.02 Å². The van der Waals surface area contributed by atoms with Crippen LogP contribution in [-0.4, -0.2) is 25.4 Å². The molecule has 98 valence electrons. The molecule has 1 aromatic rings. The van der Waals surface area contributed by atoms with Gasteiger partial charge in [-0.15, -0.1) is 0 Å². The van der Waals surface area contributed by atoms with E-state index in [1.54, 1.807) is 25.2 Å². The molecule has 1 aromatic carbocycles. The van der Waals surface area contributed by atoms with Gasteiger partial charge in [-0.25, -0.2) is 0 Å². The molecule has 0 heterocycles. The molecular weight excluding hydrogens is 254 g/mol. The number of benzene rings is 1. The average Bonchev–Trinajstić information content (AvgIpc) is 2.35. The highest BCUT2D eigenvalue weighted by molar-refractivity contribution is 6.31. The molecule has 18 heavy (non-hydrogen) atoms. The molecule has 1 rings (SSSR count). The maximum atomic E-state index is 11.0. The van der Waals surface area contributed by atoms with Crippen LogP contribution >= 0.6 is 11.6 Å². The smallest absolute Gasteiger partial charge is 0.248 e. The quantitative estimate of drug-likeness (QED) is 0.664. The fraction of sp³-hybridized carbons (Fsp3) is 0.333. The highest BCUT2D eigenvalue weighted by atomic mass is 35.5. The minimum Gasteiger partial charge on any atom is -0.366 e. The van der Waals surface area contributed by atoms with E-state index in [1.165, 1.54) is 0 Å². The number of carbonyl (C=O) groups is 2. The molecule has 5 nitrogen and oxygen atoms in total. The molecule has 0 saturated carbocycles. The lowest BCUT2D eigenvalue weighted by Crippen LogP contribution is -2.24. The first kappa shape index (κ1) is 14.5. The second-order valence-corrected chi connectivity index (χ2v) is 4.18. The Morgan fingerprint density at radius 1 is 1.39 bits per heavy atom. The van der Waals surface area contributed by atoms with Crippen LogP contribution in [0.3, 0.4) is 0 Å². The van der Waals surface area contributed by atoms with Crippen molar-refractivity contribution in [1.82, 2.24) is 10.6 Å². The molecule has 0 unspecified atom stereocenters. The van der Waals surface area contributed by atoms with Gasteiger partial charge in [-0.1, -0.05) is 17.7 Å². The molecule has 4 N–H and O–H groups in total. The number of carbonyl (C=O) groups excluding carboxylic acids is 2. The van der Waals surface area contributed by atoms with Gasteiger partial charge in [0.05, 0.1) is 0 Å². The highest BCUT2D eigenvalue weighted by Crippen LogP contribution is 2.17. The summed E-state index contributed by atoms with van der Waals surface area (Å²) < 4.78 is 0. The number of primary amides is 1. The summed E-state index contributed by atoms with van der Waals surface area (Å²) in [6, 6.07) is 4.92. The van der Waals surface area contributed by atoms with Crippen molar-refractivity contribution in [2.45, 2.75) is 13.0 Å². The summed E-state index contributed by atoms with van der Waals surface area (Å²) in [6.45, 7) is 1.10. The Hall–Kier alpha value is -1.59. The summed E-state index contributed by atoms with van der Waals surface area (Å²) in [5.74, 6) is -0.520. The number of hydrogen-bond acceptors (Lipinski definition) is 3. The summed E-state index contributed by atoms with van der Waals surface area (Å²) >= 11 is 6.02. The molecule has 0 aromatic heterocycles. The third-order valence-corrected chi connectivity index (χ3v) is 2.81. The van der Waals surface area contributed by atoms with Crippen molar-refractivity contribution in [3.05, 3.63) is 34.3 Å². The molecule has 0 saturated heterocycles. The van der Waals surface area contributed by atoms with E-state index in [-0.39, 0.29) is 5.91 Å². The molecule has 0 bridgehead atoms. The Bertz CT molecular complexity index is 449. The Kier molecular flexibility index (Phi) is 5.61. The van der Waals surface area contributed by atoms with Gasteiger partial charge in [-0.05, 0) is 17.7 Å². The van der Waals surface area contributed by atoms with Crippen LogP contribution in [0.4, 0.5) is 0 Å². The third kappa shape index (κ3) is 4.35. The Morgan fingerprint density at radius 3 is 2.67 bits per heavy atom. The normalized spacial score (nSPS) is 10.1. The highest BCUT2D eigenvalue weighted by Gasteiger charge is 2.05.